The van der Waals surface area contributed by atoms with Gasteiger partial charge in [-0.1, -0.05) is 25.5 Å². The molecule has 0 bridgehead atoms. The molecule has 110 valence electrons. The predicted molar refractivity (Wildman–Crippen MR) is 87.4 cm³/mol. The van der Waals surface area contributed by atoms with E-state index in [1.54, 1.807) is 12.1 Å². The molecular formula is C16H18N2O2S. The van der Waals surface area contributed by atoms with Crippen LogP contribution in [0.25, 0.3) is 0 Å². The molecule has 0 aliphatic heterocycles. The smallest absolute Gasteiger partial charge is 0.293 e. The van der Waals surface area contributed by atoms with Crippen molar-refractivity contribution < 1.29 is 9.21 Å². The van der Waals surface area contributed by atoms with E-state index in [9.17, 15) is 4.79 Å². The van der Waals surface area contributed by atoms with Crippen LogP contribution in [0.5, 0.6) is 0 Å². The number of hydrogen-bond acceptors (Lipinski definition) is 3. The minimum atomic E-state index is -0.364. The number of benzene rings is 1. The van der Waals surface area contributed by atoms with E-state index in [0.29, 0.717) is 0 Å². The van der Waals surface area contributed by atoms with Gasteiger partial charge in [-0.25, -0.2) is 0 Å². The largest absolute Gasteiger partial charge is 0.459 e. The second-order valence-corrected chi connectivity index (χ2v) is 5.09. The Morgan fingerprint density at radius 3 is 2.62 bits per heavy atom. The van der Waals surface area contributed by atoms with Gasteiger partial charge < -0.3 is 9.73 Å². The van der Waals surface area contributed by atoms with Gasteiger partial charge in [0.1, 0.15) is 0 Å². The number of hydrogen-bond donors (Lipinski definition) is 2. The van der Waals surface area contributed by atoms with E-state index in [1.807, 2.05) is 12.1 Å². The average molecular weight is 302 g/mol. The summed E-state index contributed by atoms with van der Waals surface area (Å²) in [7, 11) is 0. The zero-order valence-electron chi connectivity index (χ0n) is 11.9. The summed E-state index contributed by atoms with van der Waals surface area (Å²) in [4.78, 5) is 11.7. The van der Waals surface area contributed by atoms with Crippen LogP contribution < -0.4 is 10.6 Å². The molecule has 1 aromatic carbocycles. The molecule has 21 heavy (non-hydrogen) atoms. The highest BCUT2D eigenvalue weighted by Crippen LogP contribution is 2.11. The summed E-state index contributed by atoms with van der Waals surface area (Å²) in [6, 6.07) is 11.3. The van der Waals surface area contributed by atoms with Crippen molar-refractivity contribution in [3.63, 3.8) is 0 Å². The summed E-state index contributed by atoms with van der Waals surface area (Å²) < 4.78 is 5.00. The van der Waals surface area contributed by atoms with E-state index in [2.05, 4.69) is 29.7 Å². The Morgan fingerprint density at radius 1 is 1.24 bits per heavy atom. The lowest BCUT2D eigenvalue weighted by molar-refractivity contribution is 0.0950. The normalized spacial score (nSPS) is 10.1. The third-order valence-corrected chi connectivity index (χ3v) is 3.21. The van der Waals surface area contributed by atoms with Crippen LogP contribution in [0, 0.1) is 0 Å². The topological polar surface area (TPSA) is 54.3 Å². The zero-order chi connectivity index (χ0) is 15.1. The summed E-state index contributed by atoms with van der Waals surface area (Å²) in [6.07, 6.45) is 4.89. The summed E-state index contributed by atoms with van der Waals surface area (Å²) in [6.45, 7) is 2.18. The molecule has 1 aromatic heterocycles. The van der Waals surface area contributed by atoms with Gasteiger partial charge in [-0.2, -0.15) is 0 Å². The number of carbonyl (C=O) groups is 1. The Balaban J connectivity index is 1.86. The van der Waals surface area contributed by atoms with E-state index in [0.717, 1.165) is 12.1 Å². The fourth-order valence-corrected chi connectivity index (χ4v) is 2.08. The highest BCUT2D eigenvalue weighted by atomic mass is 32.1. The Morgan fingerprint density at radius 2 is 2.00 bits per heavy atom. The fraction of sp³-hybridized carbons (Fsp3) is 0.250. The third-order valence-electron chi connectivity index (χ3n) is 3.00. The highest BCUT2D eigenvalue weighted by Gasteiger charge is 2.10. The second kappa shape index (κ2) is 7.59. The molecule has 1 heterocycles. The van der Waals surface area contributed by atoms with Crippen LogP contribution in [0.15, 0.2) is 47.1 Å². The van der Waals surface area contributed by atoms with Crippen LogP contribution in [-0.4, -0.2) is 11.0 Å². The molecule has 0 fully saturated rings. The van der Waals surface area contributed by atoms with Gasteiger partial charge in [-0.15, -0.1) is 0 Å². The molecule has 2 N–H and O–H groups in total. The van der Waals surface area contributed by atoms with Crippen molar-refractivity contribution >= 4 is 28.9 Å². The summed E-state index contributed by atoms with van der Waals surface area (Å²) in [5.41, 5.74) is 2.15. The summed E-state index contributed by atoms with van der Waals surface area (Å²) >= 11 is 5.10. The standard InChI is InChI=1S/C16H18N2O2S/c1-2-3-5-12-7-9-13(10-8-12)17-16(21)18-15(19)14-6-4-11-20-14/h4,6-11H,2-3,5H2,1H3,(H2,17,18,19,21). The van der Waals surface area contributed by atoms with E-state index in [-0.39, 0.29) is 16.8 Å². The van der Waals surface area contributed by atoms with Gasteiger partial charge >= 0.3 is 0 Å². The van der Waals surface area contributed by atoms with Crippen molar-refractivity contribution in [2.45, 2.75) is 26.2 Å². The number of furan rings is 1. The lowest BCUT2D eigenvalue weighted by atomic mass is 10.1. The van der Waals surface area contributed by atoms with Crippen LogP contribution >= 0.6 is 12.2 Å². The number of thiocarbonyl (C=S) groups is 1. The number of amides is 1. The number of rotatable bonds is 5. The Hall–Kier alpha value is -2.14. The third kappa shape index (κ3) is 4.72. The average Bonchev–Trinajstić information content (AvgIpc) is 3.01. The van der Waals surface area contributed by atoms with E-state index >= 15 is 0 Å². The molecule has 0 aliphatic carbocycles. The predicted octanol–water partition coefficient (Wildman–Crippen LogP) is 3.75. The molecule has 0 radical (unpaired) electrons. The maximum Gasteiger partial charge on any atom is 0.293 e. The van der Waals surface area contributed by atoms with Gasteiger partial charge in [0.05, 0.1) is 6.26 Å². The van der Waals surface area contributed by atoms with E-state index in [4.69, 9.17) is 16.6 Å². The molecule has 0 saturated heterocycles. The molecule has 0 spiro atoms. The minimum Gasteiger partial charge on any atom is -0.459 e. The van der Waals surface area contributed by atoms with Crippen LogP contribution in [0.4, 0.5) is 5.69 Å². The molecule has 0 unspecified atom stereocenters. The molecule has 4 nitrogen and oxygen atoms in total. The van der Waals surface area contributed by atoms with Gasteiger partial charge in [0.15, 0.2) is 10.9 Å². The summed E-state index contributed by atoms with van der Waals surface area (Å²) in [5.74, 6) is -0.133. The van der Waals surface area contributed by atoms with Crippen molar-refractivity contribution in [2.24, 2.45) is 0 Å². The SMILES string of the molecule is CCCCc1ccc(NC(=S)NC(=O)c2ccco2)cc1. The number of unbranched alkanes of at least 4 members (excludes halogenated alkanes) is 1. The molecule has 0 atom stereocenters. The lowest BCUT2D eigenvalue weighted by Crippen LogP contribution is -2.33. The van der Waals surface area contributed by atoms with Gasteiger partial charge in [0, 0.05) is 5.69 Å². The summed E-state index contributed by atoms with van der Waals surface area (Å²) in [5, 5.41) is 5.79. The first-order valence-electron chi connectivity index (χ1n) is 6.94. The van der Waals surface area contributed by atoms with Crippen LogP contribution in [0.1, 0.15) is 35.9 Å². The number of nitrogens with one attached hydrogen (secondary N) is 2. The van der Waals surface area contributed by atoms with Crippen molar-refractivity contribution in [3.8, 4) is 0 Å². The van der Waals surface area contributed by atoms with Crippen LogP contribution in [-0.2, 0) is 6.42 Å². The fourth-order valence-electron chi connectivity index (χ4n) is 1.87. The molecule has 2 rings (SSSR count). The highest BCUT2D eigenvalue weighted by molar-refractivity contribution is 7.80. The molecule has 5 heteroatoms. The van der Waals surface area contributed by atoms with Crippen molar-refractivity contribution in [2.75, 3.05) is 5.32 Å². The van der Waals surface area contributed by atoms with Gasteiger partial charge in [0.25, 0.3) is 5.91 Å². The van der Waals surface area contributed by atoms with Crippen LogP contribution in [0.2, 0.25) is 0 Å². The number of carbonyl (C=O) groups excluding carboxylic acids is 1. The minimum absolute atomic E-state index is 0.231. The number of anilines is 1. The van der Waals surface area contributed by atoms with Gasteiger partial charge in [0.2, 0.25) is 0 Å². The van der Waals surface area contributed by atoms with E-state index in [1.165, 1.54) is 24.7 Å². The Bertz CT molecular complexity index is 591. The van der Waals surface area contributed by atoms with E-state index < -0.39 is 0 Å². The monoisotopic (exact) mass is 302 g/mol. The molecular weight excluding hydrogens is 284 g/mol. The Kier molecular flexibility index (Phi) is 5.51. The number of aryl methyl sites for hydroxylation is 1. The first-order chi connectivity index (χ1) is 10.2. The van der Waals surface area contributed by atoms with Crippen molar-refractivity contribution in [3.05, 3.63) is 54.0 Å². The van der Waals surface area contributed by atoms with Crippen molar-refractivity contribution in [1.29, 1.82) is 0 Å². The quantitative estimate of drug-likeness (QED) is 0.826. The van der Waals surface area contributed by atoms with Gasteiger partial charge in [-0.3, -0.25) is 10.1 Å². The lowest BCUT2D eigenvalue weighted by Gasteiger charge is -2.09. The molecule has 1 amide bonds. The molecule has 0 saturated carbocycles. The maximum absolute atomic E-state index is 11.7. The van der Waals surface area contributed by atoms with Gasteiger partial charge in [-0.05, 0) is 54.9 Å². The molecule has 0 aliphatic rings. The first-order valence-corrected chi connectivity index (χ1v) is 7.34. The van der Waals surface area contributed by atoms with Crippen LogP contribution in [0.3, 0.4) is 0 Å². The molecule has 2 aromatic rings. The maximum atomic E-state index is 11.7. The van der Waals surface area contributed by atoms with Crippen molar-refractivity contribution in [1.82, 2.24) is 5.32 Å². The Labute approximate surface area is 129 Å². The zero-order valence-corrected chi connectivity index (χ0v) is 12.7. The second-order valence-electron chi connectivity index (χ2n) is 4.69. The first kappa shape index (κ1) is 15.3.